The van der Waals surface area contributed by atoms with Crippen LogP contribution in [0.15, 0.2) is 48.5 Å². The van der Waals surface area contributed by atoms with Crippen LogP contribution in [0.1, 0.15) is 48.3 Å². The third-order valence-corrected chi connectivity index (χ3v) is 6.19. The van der Waals surface area contributed by atoms with Crippen molar-refractivity contribution in [1.82, 2.24) is 0 Å². The van der Waals surface area contributed by atoms with Crippen LogP contribution >= 0.6 is 0 Å². The van der Waals surface area contributed by atoms with Crippen molar-refractivity contribution < 1.29 is 27.4 Å². The summed E-state index contributed by atoms with van der Waals surface area (Å²) in [4.78, 5) is 0. The van der Waals surface area contributed by atoms with Crippen LogP contribution in [0.3, 0.4) is 0 Å². The largest absolute Gasteiger partial charge is 0.416 e. The molecule has 1 saturated carbocycles. The Labute approximate surface area is 161 Å². The lowest BCUT2D eigenvalue weighted by molar-refractivity contribution is -0.161. The topological polar surface area (TPSA) is 29.5 Å². The van der Waals surface area contributed by atoms with Gasteiger partial charge in [-0.25, -0.2) is 4.39 Å². The Balaban J connectivity index is 1.61. The van der Waals surface area contributed by atoms with Crippen molar-refractivity contribution in [3.05, 3.63) is 71.0 Å². The van der Waals surface area contributed by atoms with Crippen LogP contribution in [-0.2, 0) is 16.5 Å². The van der Waals surface area contributed by atoms with E-state index < -0.39 is 17.3 Å². The molecule has 1 N–H and O–H groups in total. The first-order valence-corrected chi connectivity index (χ1v) is 9.43. The predicted octanol–water partition coefficient (Wildman–Crippen LogP) is 5.41. The molecule has 150 valence electrons. The van der Waals surface area contributed by atoms with E-state index in [0.29, 0.717) is 13.0 Å². The zero-order valence-corrected chi connectivity index (χ0v) is 15.3. The Morgan fingerprint density at radius 2 is 1.71 bits per heavy atom. The quantitative estimate of drug-likeness (QED) is 0.691. The third kappa shape index (κ3) is 3.55. The average molecular weight is 394 g/mol. The highest BCUT2D eigenvalue weighted by Crippen LogP contribution is 2.55. The van der Waals surface area contributed by atoms with E-state index in [9.17, 15) is 22.7 Å². The molecule has 4 rings (SSSR count). The molecule has 2 aromatic carbocycles. The van der Waals surface area contributed by atoms with Crippen molar-refractivity contribution in [2.75, 3.05) is 13.2 Å². The highest BCUT2D eigenvalue weighted by Gasteiger charge is 2.51. The minimum absolute atomic E-state index is 0.119. The minimum atomic E-state index is -4.54. The van der Waals surface area contributed by atoms with Gasteiger partial charge in [0.15, 0.2) is 0 Å². The molecule has 6 heteroatoms. The molecule has 2 aliphatic rings. The summed E-state index contributed by atoms with van der Waals surface area (Å²) >= 11 is 0. The number of halogens is 4. The van der Waals surface area contributed by atoms with E-state index in [1.165, 1.54) is 30.3 Å². The van der Waals surface area contributed by atoms with E-state index >= 15 is 0 Å². The summed E-state index contributed by atoms with van der Waals surface area (Å²) < 4.78 is 59.3. The first-order chi connectivity index (χ1) is 13.2. The number of benzene rings is 2. The molecule has 3 unspecified atom stereocenters. The maximum Gasteiger partial charge on any atom is 0.416 e. The number of hydrogen-bond donors (Lipinski definition) is 1. The van der Waals surface area contributed by atoms with Crippen LogP contribution in [0.5, 0.6) is 0 Å². The van der Waals surface area contributed by atoms with Gasteiger partial charge in [-0.15, -0.1) is 0 Å². The zero-order chi connectivity index (χ0) is 20.0. The Hall–Kier alpha value is -1.92. The molecule has 2 aromatic rings. The summed E-state index contributed by atoms with van der Waals surface area (Å²) in [5.41, 5.74) is -1.98. The van der Waals surface area contributed by atoms with Gasteiger partial charge in [0.05, 0.1) is 18.8 Å². The second-order valence-corrected chi connectivity index (χ2v) is 8.24. The van der Waals surface area contributed by atoms with Crippen LogP contribution in [-0.4, -0.2) is 18.3 Å². The lowest BCUT2D eigenvalue weighted by Crippen LogP contribution is -2.46. The Morgan fingerprint density at radius 3 is 2.43 bits per heavy atom. The number of ether oxygens (including phenoxy) is 1. The average Bonchev–Trinajstić information content (AvgIpc) is 3.04. The van der Waals surface area contributed by atoms with Crippen LogP contribution in [0.4, 0.5) is 17.6 Å². The minimum Gasteiger partial charge on any atom is -0.383 e. The van der Waals surface area contributed by atoms with Gasteiger partial charge in [0.25, 0.3) is 0 Å². The van der Waals surface area contributed by atoms with Gasteiger partial charge in [-0.2, -0.15) is 13.2 Å². The molecular weight excluding hydrogens is 372 g/mol. The van der Waals surface area contributed by atoms with Crippen LogP contribution < -0.4 is 0 Å². The Kier molecular flexibility index (Phi) is 4.74. The molecule has 2 nitrogen and oxygen atoms in total. The van der Waals surface area contributed by atoms with E-state index in [1.807, 2.05) is 0 Å². The van der Waals surface area contributed by atoms with E-state index in [-0.39, 0.29) is 35.7 Å². The summed E-state index contributed by atoms with van der Waals surface area (Å²) in [6.07, 6.45) is -2.01. The Morgan fingerprint density at radius 1 is 1.00 bits per heavy atom. The normalized spacial score (nSPS) is 30.7. The van der Waals surface area contributed by atoms with E-state index in [0.717, 1.165) is 24.5 Å². The maximum atomic E-state index is 13.5. The second kappa shape index (κ2) is 6.85. The number of hydrogen-bond acceptors (Lipinski definition) is 2. The van der Waals surface area contributed by atoms with Crippen LogP contribution in [0.25, 0.3) is 0 Å². The second-order valence-electron chi connectivity index (χ2n) is 8.24. The van der Waals surface area contributed by atoms with Gasteiger partial charge in [-0.3, -0.25) is 0 Å². The SMILES string of the molecule is OC1(c2ccccc2C(F)(F)F)COCC2(CCC(c3ccc(F)cc3)C2)C1. The molecule has 2 fully saturated rings. The fourth-order valence-corrected chi connectivity index (χ4v) is 4.99. The van der Waals surface area contributed by atoms with Crippen molar-refractivity contribution in [3.8, 4) is 0 Å². The van der Waals surface area contributed by atoms with Gasteiger partial charge in [-0.05, 0) is 66.3 Å². The van der Waals surface area contributed by atoms with E-state index in [4.69, 9.17) is 4.74 Å². The van der Waals surface area contributed by atoms with Gasteiger partial charge in [0.2, 0.25) is 0 Å². The predicted molar refractivity (Wildman–Crippen MR) is 96.2 cm³/mol. The van der Waals surface area contributed by atoms with Crippen LogP contribution in [0.2, 0.25) is 0 Å². The van der Waals surface area contributed by atoms with Gasteiger partial charge < -0.3 is 9.84 Å². The molecule has 1 aliphatic heterocycles. The standard InChI is InChI=1S/C22H22F4O2/c23-17-7-5-15(6-8-17)16-9-10-20(11-16)12-21(27,14-28-13-20)18-3-1-2-4-19(18)22(24,25)26/h1-8,16,27H,9-14H2. The molecule has 0 bridgehead atoms. The zero-order valence-electron chi connectivity index (χ0n) is 15.3. The first-order valence-electron chi connectivity index (χ1n) is 9.43. The van der Waals surface area contributed by atoms with Gasteiger partial charge in [-0.1, -0.05) is 30.3 Å². The molecule has 0 radical (unpaired) electrons. The highest BCUT2D eigenvalue weighted by molar-refractivity contribution is 5.36. The third-order valence-electron chi connectivity index (χ3n) is 6.19. The summed E-state index contributed by atoms with van der Waals surface area (Å²) in [6.45, 7) is 0.268. The first kappa shape index (κ1) is 19.4. The van der Waals surface area contributed by atoms with Gasteiger partial charge in [0.1, 0.15) is 11.4 Å². The molecule has 28 heavy (non-hydrogen) atoms. The number of rotatable bonds is 2. The molecule has 0 amide bonds. The molecule has 1 heterocycles. The van der Waals surface area contributed by atoms with Crippen LogP contribution in [0, 0.1) is 11.2 Å². The summed E-state index contributed by atoms with van der Waals surface area (Å²) in [7, 11) is 0. The monoisotopic (exact) mass is 394 g/mol. The molecule has 1 spiro atoms. The lowest BCUT2D eigenvalue weighted by Gasteiger charge is -2.44. The van der Waals surface area contributed by atoms with Gasteiger partial charge >= 0.3 is 6.18 Å². The smallest absolute Gasteiger partial charge is 0.383 e. The van der Waals surface area contributed by atoms with Crippen molar-refractivity contribution in [1.29, 1.82) is 0 Å². The molecular formula is C22H22F4O2. The molecule has 3 atom stereocenters. The highest BCUT2D eigenvalue weighted by atomic mass is 19.4. The summed E-state index contributed by atoms with van der Waals surface area (Å²) in [5, 5.41) is 11.2. The molecule has 0 aromatic heterocycles. The molecule has 1 saturated heterocycles. The summed E-state index contributed by atoms with van der Waals surface area (Å²) in [5.74, 6) is -0.111. The summed E-state index contributed by atoms with van der Waals surface area (Å²) in [6, 6.07) is 11.6. The van der Waals surface area contributed by atoms with Crippen molar-refractivity contribution in [2.45, 2.75) is 43.4 Å². The van der Waals surface area contributed by atoms with Crippen molar-refractivity contribution >= 4 is 0 Å². The van der Waals surface area contributed by atoms with Gasteiger partial charge in [0, 0.05) is 0 Å². The van der Waals surface area contributed by atoms with Crippen molar-refractivity contribution in [2.24, 2.45) is 5.41 Å². The molecule has 1 aliphatic carbocycles. The Bertz CT molecular complexity index is 848. The van der Waals surface area contributed by atoms with Crippen molar-refractivity contribution in [3.63, 3.8) is 0 Å². The number of aliphatic hydroxyl groups is 1. The fraction of sp³-hybridized carbons (Fsp3) is 0.455. The lowest BCUT2D eigenvalue weighted by atomic mass is 9.71. The number of alkyl halides is 3. The fourth-order valence-electron chi connectivity index (χ4n) is 4.99. The van der Waals surface area contributed by atoms with E-state index in [2.05, 4.69) is 0 Å². The van der Waals surface area contributed by atoms with E-state index in [1.54, 1.807) is 12.1 Å². The maximum absolute atomic E-state index is 13.5.